The molecule has 0 saturated heterocycles. The van der Waals surface area contributed by atoms with Gasteiger partial charge in [0.15, 0.2) is 0 Å². The van der Waals surface area contributed by atoms with E-state index in [2.05, 4.69) is 5.32 Å². The number of carboxylic acids is 1. The van der Waals surface area contributed by atoms with E-state index in [9.17, 15) is 25.0 Å². The molecule has 0 aliphatic heterocycles. The van der Waals surface area contributed by atoms with Gasteiger partial charge in [0.2, 0.25) is 0 Å². The van der Waals surface area contributed by atoms with Gasteiger partial charge >= 0.3 is 5.97 Å². The van der Waals surface area contributed by atoms with E-state index >= 15 is 0 Å². The second kappa shape index (κ2) is 6.56. The van der Waals surface area contributed by atoms with Crippen LogP contribution in [0.4, 0.5) is 17.1 Å². The first-order chi connectivity index (χ1) is 10.9. The third-order valence-corrected chi connectivity index (χ3v) is 2.98. The molecule has 1 aromatic carbocycles. The molecule has 2 aromatic rings. The van der Waals surface area contributed by atoms with E-state index in [-0.39, 0.29) is 17.9 Å². The molecule has 0 aliphatic rings. The molecule has 1 atom stereocenters. The maximum absolute atomic E-state index is 11.1. The molecule has 0 spiro atoms. The van der Waals surface area contributed by atoms with Crippen LogP contribution in [0.1, 0.15) is 18.2 Å². The average molecular weight is 321 g/mol. The largest absolute Gasteiger partial charge is 0.481 e. The Hall–Kier alpha value is -3.43. The van der Waals surface area contributed by atoms with Crippen LogP contribution in [0.2, 0.25) is 0 Å². The second-order valence-electron chi connectivity index (χ2n) is 4.53. The number of carboxylic acid groups (broad SMARTS) is 1. The summed E-state index contributed by atoms with van der Waals surface area (Å²) in [5, 5.41) is 33.4. The molecule has 23 heavy (non-hydrogen) atoms. The van der Waals surface area contributed by atoms with Crippen LogP contribution in [0.15, 0.2) is 41.0 Å². The third kappa shape index (κ3) is 3.81. The molecule has 0 aliphatic carbocycles. The van der Waals surface area contributed by atoms with Crippen molar-refractivity contribution >= 4 is 23.0 Å². The lowest BCUT2D eigenvalue weighted by atomic mass is 10.1. The summed E-state index contributed by atoms with van der Waals surface area (Å²) in [6.07, 6.45) is 0.956. The van der Waals surface area contributed by atoms with Crippen molar-refractivity contribution in [2.24, 2.45) is 0 Å². The van der Waals surface area contributed by atoms with Crippen molar-refractivity contribution in [1.29, 1.82) is 0 Å². The number of rotatable bonds is 7. The predicted octanol–water partition coefficient (Wildman–Crippen LogP) is 2.72. The van der Waals surface area contributed by atoms with Crippen molar-refractivity contribution < 1.29 is 24.2 Å². The number of non-ortho nitro benzene ring substituents is 1. The van der Waals surface area contributed by atoms with Gasteiger partial charge in [0.25, 0.3) is 11.4 Å². The fraction of sp³-hybridized carbons (Fsp3) is 0.154. The SMILES string of the molecule is O=C(O)CC(Nc1ccc([N+](=O)[O-])cc1[N+](=O)[O-])c1ccco1. The lowest BCUT2D eigenvalue weighted by molar-refractivity contribution is -0.393. The zero-order chi connectivity index (χ0) is 17.0. The van der Waals surface area contributed by atoms with Gasteiger partial charge < -0.3 is 14.8 Å². The zero-order valence-corrected chi connectivity index (χ0v) is 11.5. The van der Waals surface area contributed by atoms with Crippen LogP contribution in [0.3, 0.4) is 0 Å². The van der Waals surface area contributed by atoms with Crippen molar-refractivity contribution in [3.05, 3.63) is 62.6 Å². The van der Waals surface area contributed by atoms with Crippen LogP contribution in [-0.2, 0) is 4.79 Å². The Kier molecular flexibility index (Phi) is 4.55. The van der Waals surface area contributed by atoms with Crippen molar-refractivity contribution in [2.45, 2.75) is 12.5 Å². The Balaban J connectivity index is 2.37. The summed E-state index contributed by atoms with van der Waals surface area (Å²) in [4.78, 5) is 31.2. The fourth-order valence-corrected chi connectivity index (χ4v) is 1.98. The first-order valence-corrected chi connectivity index (χ1v) is 6.33. The molecular weight excluding hydrogens is 310 g/mol. The number of benzene rings is 1. The molecule has 2 rings (SSSR count). The monoisotopic (exact) mass is 321 g/mol. The molecule has 2 N–H and O–H groups in total. The lowest BCUT2D eigenvalue weighted by Gasteiger charge is -2.15. The molecule has 0 saturated carbocycles. The van der Waals surface area contributed by atoms with Gasteiger partial charge in [-0.2, -0.15) is 0 Å². The lowest BCUT2D eigenvalue weighted by Crippen LogP contribution is -2.15. The van der Waals surface area contributed by atoms with Gasteiger partial charge in [0, 0.05) is 6.07 Å². The number of nitro benzene ring substituents is 2. The van der Waals surface area contributed by atoms with Crippen LogP contribution in [0.25, 0.3) is 0 Å². The maximum Gasteiger partial charge on any atom is 0.305 e. The second-order valence-corrected chi connectivity index (χ2v) is 4.53. The van der Waals surface area contributed by atoms with Crippen molar-refractivity contribution in [3.8, 4) is 0 Å². The quantitative estimate of drug-likeness (QED) is 0.584. The van der Waals surface area contributed by atoms with E-state index in [1.807, 2.05) is 0 Å². The van der Waals surface area contributed by atoms with Gasteiger partial charge in [-0.1, -0.05) is 0 Å². The number of carbonyl (C=O) groups is 1. The highest BCUT2D eigenvalue weighted by Crippen LogP contribution is 2.32. The maximum atomic E-state index is 11.1. The molecule has 1 heterocycles. The normalized spacial score (nSPS) is 11.7. The number of hydrogen-bond donors (Lipinski definition) is 2. The summed E-state index contributed by atoms with van der Waals surface area (Å²) in [6.45, 7) is 0. The molecule has 0 bridgehead atoms. The number of aliphatic carboxylic acids is 1. The summed E-state index contributed by atoms with van der Waals surface area (Å²) < 4.78 is 5.13. The van der Waals surface area contributed by atoms with E-state index < -0.39 is 33.2 Å². The number of nitro groups is 2. The van der Waals surface area contributed by atoms with Gasteiger partial charge in [-0.05, 0) is 18.2 Å². The van der Waals surface area contributed by atoms with E-state index in [0.29, 0.717) is 0 Å². The van der Waals surface area contributed by atoms with Gasteiger partial charge in [-0.15, -0.1) is 0 Å². The topological polar surface area (TPSA) is 149 Å². The van der Waals surface area contributed by atoms with Crippen molar-refractivity contribution in [3.63, 3.8) is 0 Å². The zero-order valence-electron chi connectivity index (χ0n) is 11.5. The number of nitrogens with one attached hydrogen (secondary N) is 1. The highest BCUT2D eigenvalue weighted by atomic mass is 16.6. The van der Waals surface area contributed by atoms with Crippen LogP contribution in [-0.4, -0.2) is 20.9 Å². The summed E-state index contributed by atoms with van der Waals surface area (Å²) >= 11 is 0. The summed E-state index contributed by atoms with van der Waals surface area (Å²) in [5.74, 6) is -0.858. The number of anilines is 1. The highest BCUT2D eigenvalue weighted by molar-refractivity contribution is 5.70. The molecule has 0 radical (unpaired) electrons. The van der Waals surface area contributed by atoms with E-state index in [1.54, 1.807) is 6.07 Å². The molecular formula is C13H11N3O7. The van der Waals surface area contributed by atoms with E-state index in [4.69, 9.17) is 9.52 Å². The minimum atomic E-state index is -1.14. The Bertz CT molecular complexity index is 742. The minimum Gasteiger partial charge on any atom is -0.481 e. The van der Waals surface area contributed by atoms with Crippen molar-refractivity contribution in [1.82, 2.24) is 0 Å². The highest BCUT2D eigenvalue weighted by Gasteiger charge is 2.24. The van der Waals surface area contributed by atoms with Gasteiger partial charge in [0.05, 0.1) is 34.6 Å². The Labute approximate surface area is 128 Å². The number of hydrogen-bond acceptors (Lipinski definition) is 7. The molecule has 1 unspecified atom stereocenters. The van der Waals surface area contributed by atoms with Crippen LogP contribution in [0, 0.1) is 20.2 Å². The van der Waals surface area contributed by atoms with Crippen molar-refractivity contribution in [2.75, 3.05) is 5.32 Å². The standard InChI is InChI=1S/C13H11N3O7/c17-13(18)7-10(12-2-1-5-23-12)14-9-4-3-8(15(19)20)6-11(9)16(21)22/h1-6,10,14H,7H2,(H,17,18). The van der Waals surface area contributed by atoms with Crippen LogP contribution >= 0.6 is 0 Å². The smallest absolute Gasteiger partial charge is 0.305 e. The van der Waals surface area contributed by atoms with Crippen LogP contribution < -0.4 is 5.32 Å². The fourth-order valence-electron chi connectivity index (χ4n) is 1.98. The Morgan fingerprint density at radius 1 is 1.26 bits per heavy atom. The first-order valence-electron chi connectivity index (χ1n) is 6.33. The average Bonchev–Trinajstić information content (AvgIpc) is 3.00. The Morgan fingerprint density at radius 3 is 2.52 bits per heavy atom. The predicted molar refractivity (Wildman–Crippen MR) is 77.1 cm³/mol. The number of nitrogens with zero attached hydrogens (tertiary/aromatic N) is 2. The van der Waals surface area contributed by atoms with E-state index in [1.165, 1.54) is 12.3 Å². The van der Waals surface area contributed by atoms with Gasteiger partial charge in [-0.25, -0.2) is 0 Å². The molecule has 0 amide bonds. The summed E-state index contributed by atoms with van der Waals surface area (Å²) in [5.41, 5.74) is -1.00. The minimum absolute atomic E-state index is 0.0387. The molecule has 10 heteroatoms. The molecule has 120 valence electrons. The Morgan fingerprint density at radius 2 is 2.00 bits per heavy atom. The third-order valence-electron chi connectivity index (χ3n) is 2.98. The first kappa shape index (κ1) is 15.9. The summed E-state index contributed by atoms with van der Waals surface area (Å²) in [6, 6.07) is 5.28. The van der Waals surface area contributed by atoms with Gasteiger partial charge in [0.1, 0.15) is 11.4 Å². The summed E-state index contributed by atoms with van der Waals surface area (Å²) in [7, 11) is 0. The number of furan rings is 1. The van der Waals surface area contributed by atoms with Crippen LogP contribution in [0.5, 0.6) is 0 Å². The molecule has 10 nitrogen and oxygen atoms in total. The van der Waals surface area contributed by atoms with Gasteiger partial charge in [-0.3, -0.25) is 25.0 Å². The molecule has 1 aromatic heterocycles. The van der Waals surface area contributed by atoms with E-state index in [0.717, 1.165) is 18.2 Å². The molecule has 0 fully saturated rings.